The number of aliphatic hydroxyl groups excluding tert-OH is 2. The lowest BCUT2D eigenvalue weighted by atomic mass is 10.1. The van der Waals surface area contributed by atoms with E-state index in [0.717, 1.165) is 12.1 Å². The van der Waals surface area contributed by atoms with Crippen molar-refractivity contribution < 1.29 is 28.3 Å². The summed E-state index contributed by atoms with van der Waals surface area (Å²) in [5, 5.41) is 36.3. The quantitative estimate of drug-likeness (QED) is 0.451. The standard InChI is InChI=1S/C14H15N3O6S.ClH/c1-8-13(20)11(6-18)12(7-19)14(15-8)17-16-9-2-4-10(5-3-9)24(21,22)23;/h2-5,18-20H,6-7H2,1H3,(H,21,22,23);1H. The van der Waals surface area contributed by atoms with Gasteiger partial charge in [0.25, 0.3) is 10.1 Å². The lowest BCUT2D eigenvalue weighted by Gasteiger charge is -2.11. The Balaban J connectivity index is 0.00000312. The van der Waals surface area contributed by atoms with E-state index in [-0.39, 0.29) is 51.4 Å². The number of aromatic hydroxyl groups is 1. The van der Waals surface area contributed by atoms with Crippen molar-refractivity contribution in [1.29, 1.82) is 0 Å². The summed E-state index contributed by atoms with van der Waals surface area (Å²) < 4.78 is 30.8. The number of aliphatic hydroxyl groups is 2. The number of aromatic nitrogens is 1. The zero-order valence-electron chi connectivity index (χ0n) is 13.0. The molecule has 0 atom stereocenters. The minimum Gasteiger partial charge on any atom is -0.506 e. The lowest BCUT2D eigenvalue weighted by molar-refractivity contribution is 0.254. The summed E-state index contributed by atoms with van der Waals surface area (Å²) in [7, 11) is -4.29. The maximum atomic E-state index is 11.0. The van der Waals surface area contributed by atoms with Crippen molar-refractivity contribution in [2.75, 3.05) is 0 Å². The molecule has 0 saturated heterocycles. The highest BCUT2D eigenvalue weighted by molar-refractivity contribution is 7.85. The Kier molecular flexibility index (Phi) is 6.96. The molecule has 0 fully saturated rings. The van der Waals surface area contributed by atoms with E-state index in [1.807, 2.05) is 0 Å². The number of aryl methyl sites for hydroxylation is 1. The number of hydrogen-bond acceptors (Lipinski definition) is 8. The van der Waals surface area contributed by atoms with Crippen molar-refractivity contribution in [2.45, 2.75) is 25.0 Å². The molecule has 2 rings (SSSR count). The summed E-state index contributed by atoms with van der Waals surface area (Å²) in [6, 6.07) is 4.97. The van der Waals surface area contributed by atoms with Gasteiger partial charge in [0.05, 0.1) is 29.5 Å². The third kappa shape index (κ3) is 4.71. The normalized spacial score (nSPS) is 11.5. The van der Waals surface area contributed by atoms with Crippen LogP contribution >= 0.6 is 12.4 Å². The van der Waals surface area contributed by atoms with Crippen molar-refractivity contribution >= 4 is 34.0 Å². The third-order valence-corrected chi connectivity index (χ3v) is 4.12. The predicted octanol–water partition coefficient (Wildman–Crippen LogP) is 2.16. The summed E-state index contributed by atoms with van der Waals surface area (Å²) in [5.74, 6) is -0.200. The molecular weight excluding hydrogens is 374 g/mol. The van der Waals surface area contributed by atoms with Crippen LogP contribution in [0.15, 0.2) is 39.4 Å². The summed E-state index contributed by atoms with van der Waals surface area (Å²) in [5.41, 5.74) is 0.746. The van der Waals surface area contributed by atoms with E-state index in [0.29, 0.717) is 0 Å². The van der Waals surface area contributed by atoms with Gasteiger partial charge in [0, 0.05) is 11.1 Å². The molecule has 4 N–H and O–H groups in total. The molecule has 25 heavy (non-hydrogen) atoms. The molecule has 1 aromatic heterocycles. The number of pyridine rings is 1. The number of halogens is 1. The second-order valence-corrected chi connectivity index (χ2v) is 6.23. The molecule has 0 aliphatic rings. The van der Waals surface area contributed by atoms with E-state index >= 15 is 0 Å². The average Bonchev–Trinajstić information content (AvgIpc) is 2.54. The molecule has 9 nitrogen and oxygen atoms in total. The van der Waals surface area contributed by atoms with E-state index in [2.05, 4.69) is 15.2 Å². The minimum absolute atomic E-state index is 0. The first-order valence-corrected chi connectivity index (χ1v) is 8.14. The fourth-order valence-electron chi connectivity index (χ4n) is 1.98. The second-order valence-electron chi connectivity index (χ2n) is 4.81. The fourth-order valence-corrected chi connectivity index (χ4v) is 2.46. The molecule has 0 amide bonds. The maximum absolute atomic E-state index is 11.0. The molecule has 0 spiro atoms. The average molecular weight is 390 g/mol. The number of azo groups is 1. The second kappa shape index (κ2) is 8.32. The van der Waals surface area contributed by atoms with E-state index in [1.165, 1.54) is 19.1 Å². The van der Waals surface area contributed by atoms with Crippen LogP contribution in [0.25, 0.3) is 0 Å². The van der Waals surface area contributed by atoms with Gasteiger partial charge < -0.3 is 15.3 Å². The Morgan fingerprint density at radius 2 is 1.60 bits per heavy atom. The van der Waals surface area contributed by atoms with Crippen molar-refractivity contribution in [1.82, 2.24) is 4.98 Å². The van der Waals surface area contributed by atoms with E-state index in [4.69, 9.17) is 4.55 Å². The summed E-state index contributed by atoms with van der Waals surface area (Å²) in [6.07, 6.45) is 0. The molecule has 0 saturated carbocycles. The monoisotopic (exact) mass is 389 g/mol. The Labute approximate surface area is 149 Å². The maximum Gasteiger partial charge on any atom is 0.294 e. The van der Waals surface area contributed by atoms with Crippen LogP contribution < -0.4 is 0 Å². The first-order chi connectivity index (χ1) is 11.3. The van der Waals surface area contributed by atoms with Crippen LogP contribution in [-0.4, -0.2) is 33.3 Å². The Bertz CT molecular complexity index is 884. The predicted molar refractivity (Wildman–Crippen MR) is 90.2 cm³/mol. The largest absolute Gasteiger partial charge is 0.506 e. The van der Waals surface area contributed by atoms with Crippen LogP contribution in [0.1, 0.15) is 16.8 Å². The first kappa shape index (κ1) is 20.9. The van der Waals surface area contributed by atoms with Gasteiger partial charge in [0.15, 0.2) is 5.82 Å². The molecule has 0 aliphatic carbocycles. The zero-order chi connectivity index (χ0) is 17.9. The van der Waals surface area contributed by atoms with Crippen LogP contribution in [0.4, 0.5) is 11.5 Å². The summed E-state index contributed by atoms with van der Waals surface area (Å²) in [4.78, 5) is 3.73. The van der Waals surface area contributed by atoms with E-state index in [1.54, 1.807) is 0 Å². The Hall–Kier alpha value is -2.11. The molecular formula is C14H16ClN3O6S. The van der Waals surface area contributed by atoms with Crippen molar-refractivity contribution in [2.24, 2.45) is 10.2 Å². The highest BCUT2D eigenvalue weighted by Crippen LogP contribution is 2.31. The SMILES string of the molecule is Cc1nc(N=Nc2ccc(S(=O)(=O)O)cc2)c(CO)c(CO)c1O.Cl. The van der Waals surface area contributed by atoms with Gasteiger partial charge in [-0.2, -0.15) is 8.42 Å². The Morgan fingerprint density at radius 3 is 2.08 bits per heavy atom. The van der Waals surface area contributed by atoms with Gasteiger partial charge in [-0.25, -0.2) is 4.98 Å². The topological polar surface area (TPSA) is 153 Å². The van der Waals surface area contributed by atoms with Crippen LogP contribution in [0.3, 0.4) is 0 Å². The van der Waals surface area contributed by atoms with E-state index < -0.39 is 23.3 Å². The van der Waals surface area contributed by atoms with Crippen LogP contribution in [0, 0.1) is 6.92 Å². The van der Waals surface area contributed by atoms with Gasteiger partial charge in [-0.1, -0.05) is 0 Å². The van der Waals surface area contributed by atoms with Gasteiger partial charge in [0.2, 0.25) is 0 Å². The number of rotatable bonds is 5. The van der Waals surface area contributed by atoms with Crippen LogP contribution in [0.5, 0.6) is 5.75 Å². The highest BCUT2D eigenvalue weighted by atomic mass is 35.5. The molecule has 1 aromatic carbocycles. The smallest absolute Gasteiger partial charge is 0.294 e. The molecule has 0 radical (unpaired) electrons. The van der Waals surface area contributed by atoms with Crippen LogP contribution in [-0.2, 0) is 23.3 Å². The molecule has 2 aromatic rings. The lowest BCUT2D eigenvalue weighted by Crippen LogP contribution is -2.00. The van der Waals surface area contributed by atoms with Crippen molar-refractivity contribution in [3.8, 4) is 5.75 Å². The number of benzene rings is 1. The third-order valence-electron chi connectivity index (χ3n) is 3.25. The Morgan fingerprint density at radius 1 is 1.04 bits per heavy atom. The summed E-state index contributed by atoms with van der Waals surface area (Å²) >= 11 is 0. The molecule has 136 valence electrons. The van der Waals surface area contributed by atoms with Gasteiger partial charge >= 0.3 is 0 Å². The first-order valence-electron chi connectivity index (χ1n) is 6.70. The molecule has 1 heterocycles. The van der Waals surface area contributed by atoms with Gasteiger partial charge in [0.1, 0.15) is 5.75 Å². The number of nitrogens with zero attached hydrogens (tertiary/aromatic N) is 3. The molecule has 0 unspecified atom stereocenters. The molecule has 11 heteroatoms. The highest BCUT2D eigenvalue weighted by Gasteiger charge is 2.16. The van der Waals surface area contributed by atoms with Crippen molar-refractivity contribution in [3.63, 3.8) is 0 Å². The summed E-state index contributed by atoms with van der Waals surface area (Å²) in [6.45, 7) is 0.499. The van der Waals surface area contributed by atoms with Crippen molar-refractivity contribution in [3.05, 3.63) is 41.1 Å². The zero-order valence-corrected chi connectivity index (χ0v) is 14.6. The van der Waals surface area contributed by atoms with Crippen LogP contribution in [0.2, 0.25) is 0 Å². The van der Waals surface area contributed by atoms with Gasteiger partial charge in [-0.15, -0.1) is 22.6 Å². The molecule has 0 bridgehead atoms. The van der Waals surface area contributed by atoms with Gasteiger partial charge in [-0.05, 0) is 31.2 Å². The fraction of sp³-hybridized carbons (Fsp3) is 0.214. The number of hydrogen-bond donors (Lipinski definition) is 4. The van der Waals surface area contributed by atoms with E-state index in [9.17, 15) is 23.7 Å². The van der Waals surface area contributed by atoms with Gasteiger partial charge in [-0.3, -0.25) is 4.55 Å². The molecule has 0 aliphatic heterocycles. The minimum atomic E-state index is -4.29.